The summed E-state index contributed by atoms with van der Waals surface area (Å²) < 4.78 is 0.875. The summed E-state index contributed by atoms with van der Waals surface area (Å²) in [5, 5.41) is 21.1. The Morgan fingerprint density at radius 2 is 1.46 bits per heavy atom. The molecule has 0 aromatic heterocycles. The second-order valence-electron chi connectivity index (χ2n) is 3.43. The van der Waals surface area contributed by atoms with Crippen LogP contribution in [0.3, 0.4) is 0 Å². The number of aliphatic hydroxyl groups is 2. The predicted octanol–water partition coefficient (Wildman–Crippen LogP) is -4.60. The largest absolute Gasteiger partial charge is 1.00 e. The lowest BCUT2D eigenvalue weighted by Crippen LogP contribution is -3.00. The smallest absolute Gasteiger partial charge is 0.102 e. The predicted molar refractivity (Wildman–Crippen MR) is 46.8 cm³/mol. The summed E-state index contributed by atoms with van der Waals surface area (Å²) >= 11 is 0. The molecule has 0 unspecified atom stereocenters. The zero-order valence-electron chi connectivity index (χ0n) is 7.88. The molecule has 0 saturated carbocycles. The van der Waals surface area contributed by atoms with Crippen molar-refractivity contribution in [3.63, 3.8) is 0 Å². The summed E-state index contributed by atoms with van der Waals surface area (Å²) in [6.45, 7) is 6.06. The molecule has 1 fully saturated rings. The minimum atomic E-state index is 0. The Bertz CT molecular complexity index is 114. The van der Waals surface area contributed by atoms with Crippen LogP contribution in [-0.4, -0.2) is 67.2 Å². The number of nitrogens with one attached hydrogen (secondary N) is 1. The molecule has 13 heavy (non-hydrogen) atoms. The molecule has 0 aromatic rings. The highest BCUT2D eigenvalue weighted by molar-refractivity contribution is 4.57. The summed E-state index contributed by atoms with van der Waals surface area (Å²) in [4.78, 5) is 0. The molecular formula is C8H19ClN2O2. The molecule has 5 heteroatoms. The second kappa shape index (κ2) is 6.56. The zero-order chi connectivity index (χ0) is 8.86. The number of aliphatic hydroxyl groups excluding tert-OH is 2. The summed E-state index contributed by atoms with van der Waals surface area (Å²) in [5.41, 5.74) is 0. The lowest BCUT2D eigenvalue weighted by Gasteiger charge is -2.40. The van der Waals surface area contributed by atoms with Crippen LogP contribution in [0.1, 0.15) is 0 Å². The van der Waals surface area contributed by atoms with E-state index < -0.39 is 0 Å². The van der Waals surface area contributed by atoms with Crippen molar-refractivity contribution in [2.75, 3.05) is 52.5 Å². The molecule has 0 amide bonds. The fraction of sp³-hybridized carbons (Fsp3) is 1.00. The van der Waals surface area contributed by atoms with Crippen molar-refractivity contribution in [1.29, 1.82) is 0 Å². The molecular weight excluding hydrogens is 192 g/mol. The Morgan fingerprint density at radius 1 is 1.00 bits per heavy atom. The molecule has 0 atom stereocenters. The topological polar surface area (TPSA) is 52.5 Å². The monoisotopic (exact) mass is 210 g/mol. The minimum Gasteiger partial charge on any atom is -1.00 e. The number of hydrogen-bond acceptors (Lipinski definition) is 3. The van der Waals surface area contributed by atoms with Crippen LogP contribution in [0.4, 0.5) is 0 Å². The van der Waals surface area contributed by atoms with Crippen LogP contribution >= 0.6 is 0 Å². The van der Waals surface area contributed by atoms with Crippen LogP contribution < -0.4 is 17.7 Å². The van der Waals surface area contributed by atoms with E-state index in [4.69, 9.17) is 10.2 Å². The van der Waals surface area contributed by atoms with E-state index in [1.54, 1.807) is 0 Å². The van der Waals surface area contributed by atoms with E-state index in [1.165, 1.54) is 0 Å². The fourth-order valence-electron chi connectivity index (χ4n) is 1.85. The summed E-state index contributed by atoms with van der Waals surface area (Å²) in [7, 11) is 0. The number of rotatable bonds is 4. The van der Waals surface area contributed by atoms with Gasteiger partial charge in [0.25, 0.3) is 0 Å². The van der Waals surface area contributed by atoms with E-state index in [2.05, 4.69) is 5.32 Å². The molecule has 0 bridgehead atoms. The third-order valence-electron chi connectivity index (χ3n) is 2.67. The Hall–Kier alpha value is 0.130. The third-order valence-corrected chi connectivity index (χ3v) is 2.67. The van der Waals surface area contributed by atoms with Crippen LogP contribution in [-0.2, 0) is 0 Å². The van der Waals surface area contributed by atoms with Gasteiger partial charge in [-0.1, -0.05) is 0 Å². The molecule has 1 aliphatic heterocycles. The Kier molecular flexibility index (Phi) is 6.63. The van der Waals surface area contributed by atoms with Gasteiger partial charge in [-0.15, -0.1) is 0 Å². The lowest BCUT2D eigenvalue weighted by molar-refractivity contribution is -0.930. The molecule has 3 N–H and O–H groups in total. The molecule has 1 saturated heterocycles. The van der Waals surface area contributed by atoms with E-state index in [-0.39, 0.29) is 25.6 Å². The van der Waals surface area contributed by atoms with Crippen LogP contribution in [0, 0.1) is 0 Å². The van der Waals surface area contributed by atoms with E-state index in [9.17, 15) is 0 Å². The molecule has 1 heterocycles. The van der Waals surface area contributed by atoms with Gasteiger partial charge >= 0.3 is 0 Å². The average molecular weight is 211 g/mol. The van der Waals surface area contributed by atoms with Gasteiger partial charge in [-0.3, -0.25) is 0 Å². The molecule has 4 nitrogen and oxygen atoms in total. The van der Waals surface area contributed by atoms with Gasteiger partial charge in [0, 0.05) is 13.1 Å². The normalized spacial score (nSPS) is 20.8. The second-order valence-corrected chi connectivity index (χ2v) is 3.43. The van der Waals surface area contributed by atoms with E-state index in [0.717, 1.165) is 43.8 Å². The Morgan fingerprint density at radius 3 is 1.85 bits per heavy atom. The molecule has 0 radical (unpaired) electrons. The number of quaternary nitrogens is 1. The maximum absolute atomic E-state index is 8.89. The van der Waals surface area contributed by atoms with E-state index >= 15 is 0 Å². The van der Waals surface area contributed by atoms with Gasteiger partial charge in [0.2, 0.25) is 0 Å². The van der Waals surface area contributed by atoms with Gasteiger partial charge in [0.1, 0.15) is 13.1 Å². The van der Waals surface area contributed by atoms with Crippen molar-refractivity contribution >= 4 is 0 Å². The van der Waals surface area contributed by atoms with Crippen molar-refractivity contribution in [2.45, 2.75) is 0 Å². The van der Waals surface area contributed by atoms with E-state index in [0.29, 0.717) is 0 Å². The van der Waals surface area contributed by atoms with Crippen LogP contribution in [0.2, 0.25) is 0 Å². The number of hydrogen-bond donors (Lipinski definition) is 3. The van der Waals surface area contributed by atoms with Crippen molar-refractivity contribution < 1.29 is 27.1 Å². The van der Waals surface area contributed by atoms with E-state index in [1.807, 2.05) is 0 Å². The van der Waals surface area contributed by atoms with Crippen LogP contribution in [0.25, 0.3) is 0 Å². The molecule has 0 spiro atoms. The Labute approximate surface area is 85.5 Å². The van der Waals surface area contributed by atoms with Crippen molar-refractivity contribution in [3.8, 4) is 0 Å². The number of halogens is 1. The van der Waals surface area contributed by atoms with Crippen LogP contribution in [0.15, 0.2) is 0 Å². The van der Waals surface area contributed by atoms with Crippen molar-refractivity contribution in [1.82, 2.24) is 5.32 Å². The molecule has 0 aliphatic carbocycles. The van der Waals surface area contributed by atoms with Gasteiger partial charge in [-0.05, 0) is 0 Å². The molecule has 1 rings (SSSR count). The highest BCUT2D eigenvalue weighted by Gasteiger charge is 2.28. The summed E-state index contributed by atoms with van der Waals surface area (Å²) in [6.07, 6.45) is 0. The number of piperazine rings is 1. The minimum absolute atomic E-state index is 0. The summed E-state index contributed by atoms with van der Waals surface area (Å²) in [5.74, 6) is 0. The van der Waals surface area contributed by atoms with Gasteiger partial charge in [-0.2, -0.15) is 0 Å². The Balaban J connectivity index is 0.00000144. The molecule has 1 aliphatic rings. The fourth-order valence-corrected chi connectivity index (χ4v) is 1.85. The first-order chi connectivity index (χ1) is 5.83. The van der Waals surface area contributed by atoms with Crippen molar-refractivity contribution in [3.05, 3.63) is 0 Å². The lowest BCUT2D eigenvalue weighted by atomic mass is 10.2. The SMILES string of the molecule is OCC[N+]1(CCO)CCNCC1.[Cl-]. The summed E-state index contributed by atoms with van der Waals surface area (Å²) in [6, 6.07) is 0. The standard InChI is InChI=1S/C8H19N2O2.ClH/c11-7-5-10(6-8-12)3-1-9-2-4-10;/h9,11-12H,1-8H2;1H/q+1;/p-1. The molecule has 80 valence electrons. The maximum Gasteiger partial charge on any atom is 0.102 e. The first kappa shape index (κ1) is 13.1. The first-order valence-electron chi connectivity index (χ1n) is 4.60. The molecule has 0 aromatic carbocycles. The quantitative estimate of drug-likeness (QED) is 0.410. The van der Waals surface area contributed by atoms with Gasteiger partial charge in [-0.25, -0.2) is 0 Å². The van der Waals surface area contributed by atoms with Crippen LogP contribution in [0.5, 0.6) is 0 Å². The zero-order valence-corrected chi connectivity index (χ0v) is 8.63. The van der Waals surface area contributed by atoms with Gasteiger partial charge in [0.05, 0.1) is 26.3 Å². The first-order valence-corrected chi connectivity index (χ1v) is 4.60. The highest BCUT2D eigenvalue weighted by Crippen LogP contribution is 2.07. The third kappa shape index (κ3) is 3.79. The maximum atomic E-state index is 8.89. The van der Waals surface area contributed by atoms with Gasteiger partial charge < -0.3 is 32.4 Å². The van der Waals surface area contributed by atoms with Crippen molar-refractivity contribution in [2.24, 2.45) is 0 Å². The van der Waals surface area contributed by atoms with Gasteiger partial charge in [0.15, 0.2) is 0 Å². The average Bonchev–Trinajstić information content (AvgIpc) is 2.07. The highest BCUT2D eigenvalue weighted by atomic mass is 35.5. The number of nitrogens with zero attached hydrogens (tertiary/aromatic N) is 1.